The number of hydrogen-bond donors (Lipinski definition) is 2. The van der Waals surface area contributed by atoms with E-state index >= 15 is 0 Å². The molecular formula is C32H47N7O3S. The lowest BCUT2D eigenvalue weighted by molar-refractivity contribution is -0.119. The molecular weight excluding hydrogens is 562 g/mol. The Morgan fingerprint density at radius 1 is 1.02 bits per heavy atom. The summed E-state index contributed by atoms with van der Waals surface area (Å²) in [5.41, 5.74) is 5.21. The normalized spacial score (nSPS) is 16.4. The highest BCUT2D eigenvalue weighted by molar-refractivity contribution is 8.32. The minimum absolute atomic E-state index is 0.130. The van der Waals surface area contributed by atoms with Gasteiger partial charge < -0.3 is 15.4 Å². The van der Waals surface area contributed by atoms with E-state index in [0.717, 1.165) is 59.6 Å². The summed E-state index contributed by atoms with van der Waals surface area (Å²) >= 11 is 0. The molecule has 0 radical (unpaired) electrons. The summed E-state index contributed by atoms with van der Waals surface area (Å²) in [6.07, 6.45) is 12.9. The van der Waals surface area contributed by atoms with Crippen LogP contribution in [0.25, 0.3) is 11.1 Å². The van der Waals surface area contributed by atoms with Crippen LogP contribution in [0.5, 0.6) is 0 Å². The molecule has 2 saturated carbocycles. The minimum Gasteiger partial charge on any atom is -0.358 e. The maximum Gasteiger partial charge on any atom is 0.270 e. The number of ether oxygens (including phenoxy) is 1. The Labute approximate surface area is 256 Å². The Kier molecular flexibility index (Phi) is 9.31. The minimum atomic E-state index is -0.628. The Bertz CT molecular complexity index is 1450. The van der Waals surface area contributed by atoms with Crippen LogP contribution in [-0.2, 0) is 22.8 Å². The molecule has 0 saturated heterocycles. The zero-order valence-corrected chi connectivity index (χ0v) is 27.5. The summed E-state index contributed by atoms with van der Waals surface area (Å²) in [4.78, 5) is 31.9. The monoisotopic (exact) mass is 609 g/mol. The average Bonchev–Trinajstić information content (AvgIpc) is 3.88. The van der Waals surface area contributed by atoms with Crippen molar-refractivity contribution in [3.63, 3.8) is 0 Å². The lowest BCUT2D eigenvalue weighted by Gasteiger charge is -2.27. The topological polar surface area (TPSA) is 116 Å². The van der Waals surface area contributed by atoms with Crippen molar-refractivity contribution in [1.29, 1.82) is 0 Å². The number of carbonyl (C=O) groups is 2. The molecule has 0 spiro atoms. The molecule has 0 aliphatic heterocycles. The Balaban J connectivity index is 1.31. The van der Waals surface area contributed by atoms with Crippen molar-refractivity contribution in [2.75, 3.05) is 36.4 Å². The van der Waals surface area contributed by atoms with Gasteiger partial charge in [-0.3, -0.25) is 14.3 Å². The van der Waals surface area contributed by atoms with E-state index in [-0.39, 0.29) is 17.7 Å². The van der Waals surface area contributed by atoms with E-state index in [9.17, 15) is 9.59 Å². The van der Waals surface area contributed by atoms with Gasteiger partial charge in [-0.05, 0) is 108 Å². The molecule has 2 fully saturated rings. The predicted molar refractivity (Wildman–Crippen MR) is 173 cm³/mol. The predicted octanol–water partition coefficient (Wildman–Crippen LogP) is 4.93. The van der Waals surface area contributed by atoms with Crippen LogP contribution in [0.1, 0.15) is 60.2 Å². The van der Waals surface area contributed by atoms with Crippen LogP contribution in [0.3, 0.4) is 0 Å². The van der Waals surface area contributed by atoms with Crippen LogP contribution < -0.4 is 10.6 Å². The summed E-state index contributed by atoms with van der Waals surface area (Å²) in [7, 11) is -0.602. The fraction of sp³-hybridized carbons (Fsp3) is 0.594. The van der Waals surface area contributed by atoms with Crippen LogP contribution >= 0.6 is 10.0 Å². The fourth-order valence-corrected chi connectivity index (χ4v) is 6.61. The zero-order valence-electron chi connectivity index (χ0n) is 26.6. The van der Waals surface area contributed by atoms with Crippen molar-refractivity contribution < 1.29 is 14.3 Å². The third-order valence-corrected chi connectivity index (χ3v) is 9.97. The summed E-state index contributed by atoms with van der Waals surface area (Å²) in [5, 5.41) is 15.1. The second-order valence-electron chi connectivity index (χ2n) is 12.9. The molecule has 11 heteroatoms. The highest BCUT2D eigenvalue weighted by Crippen LogP contribution is 2.51. The van der Waals surface area contributed by atoms with Crippen molar-refractivity contribution in [2.24, 2.45) is 17.8 Å². The lowest BCUT2D eigenvalue weighted by Crippen LogP contribution is -2.50. The van der Waals surface area contributed by atoms with Crippen LogP contribution in [0.4, 0.5) is 5.82 Å². The number of hydrogen-bond acceptors (Lipinski definition) is 6. The number of pyridine rings is 1. The molecule has 3 aromatic heterocycles. The van der Waals surface area contributed by atoms with Crippen molar-refractivity contribution in [1.82, 2.24) is 29.9 Å². The lowest BCUT2D eigenvalue weighted by atomic mass is 9.88. The fourth-order valence-electron chi connectivity index (χ4n) is 5.99. The van der Waals surface area contributed by atoms with E-state index in [1.54, 1.807) is 16.9 Å². The molecule has 10 nitrogen and oxygen atoms in total. The number of rotatable bonds is 14. The molecule has 2 aliphatic rings. The summed E-state index contributed by atoms with van der Waals surface area (Å²) in [6.45, 7) is 9.66. The average molecular weight is 610 g/mol. The third kappa shape index (κ3) is 7.49. The van der Waals surface area contributed by atoms with Gasteiger partial charge in [-0.2, -0.15) is 10.2 Å². The van der Waals surface area contributed by atoms with Gasteiger partial charge in [0.1, 0.15) is 24.3 Å². The molecule has 3 heterocycles. The number of aromatic nitrogens is 5. The van der Waals surface area contributed by atoms with Crippen LogP contribution in [0.2, 0.25) is 0 Å². The van der Waals surface area contributed by atoms with Gasteiger partial charge in [0.05, 0.1) is 12.3 Å². The Hall–Kier alpha value is -3.18. The number of amides is 2. The van der Waals surface area contributed by atoms with Crippen LogP contribution in [-0.4, -0.2) is 73.5 Å². The second kappa shape index (κ2) is 12.8. The largest absolute Gasteiger partial charge is 0.358 e. The highest BCUT2D eigenvalue weighted by Gasteiger charge is 2.48. The van der Waals surface area contributed by atoms with E-state index < -0.39 is 16.1 Å². The molecule has 1 atom stereocenters. The summed E-state index contributed by atoms with van der Waals surface area (Å²) in [6, 6.07) is 4.91. The molecule has 43 heavy (non-hydrogen) atoms. The van der Waals surface area contributed by atoms with Crippen molar-refractivity contribution in [3.05, 3.63) is 47.2 Å². The van der Waals surface area contributed by atoms with E-state index in [4.69, 9.17) is 14.8 Å². The standard InChI is InChI=1S/C32H47N7O3S/c1-8-38-26(15-16-33-38)31(40)36-30(29(23-9-10-23)24-11-12-24)32(41)35-27-14-13-25(20(2)34-27)28-21(3)37-39(22(28)4)19-42-17-18-43(5,6)7/h13-16,23-24,29-30H,8-12,17-19H2,1-7H3,(H,36,40)(H,34,35,41). The number of nitrogens with one attached hydrogen (secondary N) is 2. The molecule has 2 amide bonds. The first-order chi connectivity index (χ1) is 20.5. The van der Waals surface area contributed by atoms with E-state index in [1.165, 1.54) is 0 Å². The van der Waals surface area contributed by atoms with Gasteiger partial charge in [0, 0.05) is 41.0 Å². The van der Waals surface area contributed by atoms with E-state index in [2.05, 4.69) is 41.4 Å². The quantitative estimate of drug-likeness (QED) is 0.251. The van der Waals surface area contributed by atoms with E-state index in [1.807, 2.05) is 37.6 Å². The first-order valence-electron chi connectivity index (χ1n) is 15.4. The molecule has 3 aromatic rings. The SMILES string of the molecule is CCn1nccc1C(=O)NC(C(=O)Nc1ccc(-c2c(C)nn(COCCS(C)(C)C)c2C)c(C)n1)C(C1CC1)C1CC1. The molecule has 234 valence electrons. The third-order valence-electron chi connectivity index (χ3n) is 8.58. The number of anilines is 1. The number of aryl methyl sites for hydroxylation is 3. The van der Waals surface area contributed by atoms with E-state index in [0.29, 0.717) is 43.2 Å². The maximum atomic E-state index is 13.8. The first-order valence-corrected chi connectivity index (χ1v) is 18.4. The Morgan fingerprint density at radius 2 is 1.72 bits per heavy atom. The van der Waals surface area contributed by atoms with Gasteiger partial charge in [0.15, 0.2) is 0 Å². The van der Waals surface area contributed by atoms with Gasteiger partial charge in [0.25, 0.3) is 5.91 Å². The van der Waals surface area contributed by atoms with Crippen molar-refractivity contribution in [3.8, 4) is 11.1 Å². The molecule has 1 unspecified atom stereocenters. The summed E-state index contributed by atoms with van der Waals surface area (Å²) < 4.78 is 9.51. The number of nitrogens with zero attached hydrogens (tertiary/aromatic N) is 5. The van der Waals surface area contributed by atoms with Gasteiger partial charge in [0.2, 0.25) is 5.91 Å². The first kappa shape index (κ1) is 31.3. The molecule has 2 N–H and O–H groups in total. The molecule has 5 rings (SSSR count). The van der Waals surface area contributed by atoms with Gasteiger partial charge in [-0.15, -0.1) is 0 Å². The summed E-state index contributed by atoms with van der Waals surface area (Å²) in [5.74, 6) is 2.13. The van der Waals surface area contributed by atoms with Crippen LogP contribution in [0.15, 0.2) is 24.4 Å². The van der Waals surface area contributed by atoms with Crippen LogP contribution in [0, 0.1) is 38.5 Å². The highest BCUT2D eigenvalue weighted by atomic mass is 32.3. The van der Waals surface area contributed by atoms with Gasteiger partial charge in [-0.1, -0.05) is 0 Å². The molecule has 0 bridgehead atoms. The van der Waals surface area contributed by atoms with Gasteiger partial charge >= 0.3 is 0 Å². The maximum absolute atomic E-state index is 13.8. The van der Waals surface area contributed by atoms with Crippen molar-refractivity contribution in [2.45, 2.75) is 72.7 Å². The number of carbonyl (C=O) groups excluding carboxylic acids is 2. The molecule has 2 aliphatic carbocycles. The molecule has 0 aromatic carbocycles. The second-order valence-corrected chi connectivity index (χ2v) is 17.5. The zero-order chi connectivity index (χ0) is 30.9. The smallest absolute Gasteiger partial charge is 0.270 e. The Morgan fingerprint density at radius 3 is 2.33 bits per heavy atom. The van der Waals surface area contributed by atoms with Gasteiger partial charge in [-0.25, -0.2) is 19.7 Å². The van der Waals surface area contributed by atoms with Crippen molar-refractivity contribution >= 4 is 27.7 Å².